The van der Waals surface area contributed by atoms with Gasteiger partial charge in [-0.25, -0.2) is 0 Å². The van der Waals surface area contributed by atoms with Gasteiger partial charge in [-0.05, 0) is 26.8 Å². The minimum absolute atomic E-state index is 0.702. The summed E-state index contributed by atoms with van der Waals surface area (Å²) in [6.07, 6.45) is 1.26. The zero-order chi connectivity index (χ0) is 9.84. The average Bonchev–Trinajstić information content (AvgIpc) is 2.16. The molecule has 0 amide bonds. The molecule has 0 aromatic rings. The van der Waals surface area contributed by atoms with E-state index in [2.05, 4.69) is 44.7 Å². The van der Waals surface area contributed by atoms with Crippen molar-refractivity contribution in [3.63, 3.8) is 0 Å². The maximum absolute atomic E-state index is 2.58. The number of rotatable bonds is 3. The van der Waals surface area contributed by atoms with Crippen LogP contribution in [-0.4, -0.2) is 48.8 Å². The highest BCUT2D eigenvalue weighted by atomic mass is 15.3. The van der Waals surface area contributed by atoms with E-state index in [0.717, 1.165) is 6.04 Å². The highest BCUT2D eigenvalue weighted by molar-refractivity contribution is 6.30. The molecule has 1 rings (SSSR count). The molecule has 0 saturated carbocycles. The maximum atomic E-state index is 2.58. The van der Waals surface area contributed by atoms with Crippen molar-refractivity contribution in [2.24, 2.45) is 0 Å². The topological polar surface area (TPSA) is 6.48 Å². The molecule has 0 aromatic carbocycles. The summed E-state index contributed by atoms with van der Waals surface area (Å²) in [6.45, 7) is 12.7. The summed E-state index contributed by atoms with van der Waals surface area (Å²) in [4.78, 5) is 5.06. The third-order valence-corrected chi connectivity index (χ3v) is 3.09. The van der Waals surface area contributed by atoms with Gasteiger partial charge in [-0.3, -0.25) is 4.90 Å². The third-order valence-electron chi connectivity index (χ3n) is 3.09. The second-order valence-corrected chi connectivity index (χ2v) is 4.15. The minimum Gasteiger partial charge on any atom is -0.342 e. The van der Waals surface area contributed by atoms with Crippen LogP contribution in [0.15, 0.2) is 0 Å². The molecule has 1 unspecified atom stereocenters. The Kier molecular flexibility index (Phi) is 4.27. The van der Waals surface area contributed by atoms with Gasteiger partial charge in [0.05, 0.1) is 0 Å². The first-order valence-corrected chi connectivity index (χ1v) is 5.48. The van der Waals surface area contributed by atoms with Crippen molar-refractivity contribution < 1.29 is 0 Å². The zero-order valence-corrected chi connectivity index (χ0v) is 9.45. The van der Waals surface area contributed by atoms with Crippen molar-refractivity contribution in [3.05, 3.63) is 0 Å². The molecule has 0 N–H and O–H groups in total. The van der Waals surface area contributed by atoms with Crippen molar-refractivity contribution >= 4 is 7.41 Å². The monoisotopic (exact) mass is 181 g/mol. The van der Waals surface area contributed by atoms with Crippen LogP contribution in [0, 0.1) is 0 Å². The normalized spacial score (nSPS) is 26.7. The predicted molar refractivity (Wildman–Crippen MR) is 59.1 cm³/mol. The van der Waals surface area contributed by atoms with Gasteiger partial charge in [-0.15, -0.1) is 0 Å². The number of piperazine rings is 1. The van der Waals surface area contributed by atoms with Crippen molar-refractivity contribution in [3.8, 4) is 0 Å². The largest absolute Gasteiger partial charge is 0.342 e. The van der Waals surface area contributed by atoms with E-state index in [-0.39, 0.29) is 0 Å². The number of hydrogen-bond acceptors (Lipinski definition) is 2. The van der Waals surface area contributed by atoms with E-state index in [9.17, 15) is 0 Å². The summed E-state index contributed by atoms with van der Waals surface area (Å²) in [5, 5.41) is 0. The van der Waals surface area contributed by atoms with Gasteiger partial charge in [-0.2, -0.15) is 0 Å². The first-order chi connectivity index (χ1) is 6.19. The van der Waals surface area contributed by atoms with E-state index in [0.29, 0.717) is 6.04 Å². The Labute approximate surface area is 83.5 Å². The lowest BCUT2D eigenvalue weighted by Crippen LogP contribution is -2.55. The molecule has 1 fully saturated rings. The fourth-order valence-corrected chi connectivity index (χ4v) is 2.07. The molecule has 75 valence electrons. The second kappa shape index (κ2) is 5.01. The highest BCUT2D eigenvalue weighted by Gasteiger charge is 2.25. The van der Waals surface area contributed by atoms with Crippen molar-refractivity contribution in [2.75, 3.05) is 19.6 Å². The van der Waals surface area contributed by atoms with Gasteiger partial charge in [-0.1, -0.05) is 13.7 Å². The predicted octanol–water partition coefficient (Wildman–Crippen LogP) is 1.46. The van der Waals surface area contributed by atoms with E-state index in [4.69, 9.17) is 0 Å². The smallest absolute Gasteiger partial charge is 0.205 e. The summed E-state index contributed by atoms with van der Waals surface area (Å²) in [6, 6.07) is 1.44. The van der Waals surface area contributed by atoms with Gasteiger partial charge < -0.3 is 4.81 Å². The molecule has 1 aliphatic rings. The SMILES string of the molecule is C[B]N1CCN(C(C)C)CC1CC. The Balaban J connectivity index is 2.47. The lowest BCUT2D eigenvalue weighted by molar-refractivity contribution is 0.106. The second-order valence-electron chi connectivity index (χ2n) is 4.15. The van der Waals surface area contributed by atoms with Gasteiger partial charge in [0.15, 0.2) is 0 Å². The Bertz CT molecular complexity index is 150. The highest BCUT2D eigenvalue weighted by Crippen LogP contribution is 2.13. The Morgan fingerprint density at radius 3 is 2.54 bits per heavy atom. The molecule has 0 aromatic heterocycles. The molecule has 3 heteroatoms. The Morgan fingerprint density at radius 2 is 2.08 bits per heavy atom. The fraction of sp³-hybridized carbons (Fsp3) is 1.00. The Hall–Kier alpha value is -0.0151. The van der Waals surface area contributed by atoms with E-state index >= 15 is 0 Å². The molecule has 1 radical (unpaired) electrons. The van der Waals surface area contributed by atoms with Gasteiger partial charge in [0.1, 0.15) is 0 Å². The maximum Gasteiger partial charge on any atom is 0.205 e. The van der Waals surface area contributed by atoms with Crippen molar-refractivity contribution in [2.45, 2.75) is 46.1 Å². The quantitative estimate of drug-likeness (QED) is 0.608. The standard InChI is InChI=1S/C10H22BN2/c1-5-10-8-12(9(2)3)6-7-13(10)11-4/h9-10H,5-8H2,1-4H3. The van der Waals surface area contributed by atoms with E-state index in [1.165, 1.54) is 26.1 Å². The summed E-state index contributed by atoms with van der Waals surface area (Å²) in [5.74, 6) is 0. The fourth-order valence-electron chi connectivity index (χ4n) is 2.07. The van der Waals surface area contributed by atoms with Gasteiger partial charge in [0, 0.05) is 25.2 Å². The van der Waals surface area contributed by atoms with E-state index in [1.54, 1.807) is 0 Å². The summed E-state index contributed by atoms with van der Waals surface area (Å²) < 4.78 is 0. The molecular weight excluding hydrogens is 159 g/mol. The van der Waals surface area contributed by atoms with Gasteiger partial charge in [0.2, 0.25) is 7.41 Å². The van der Waals surface area contributed by atoms with Crippen LogP contribution >= 0.6 is 0 Å². The third kappa shape index (κ3) is 2.71. The number of nitrogens with zero attached hydrogens (tertiary/aromatic N) is 2. The lowest BCUT2D eigenvalue weighted by Gasteiger charge is -2.42. The van der Waals surface area contributed by atoms with Crippen molar-refractivity contribution in [1.82, 2.24) is 9.71 Å². The van der Waals surface area contributed by atoms with Crippen LogP contribution in [0.4, 0.5) is 0 Å². The summed E-state index contributed by atoms with van der Waals surface area (Å²) >= 11 is 0. The molecule has 1 atom stereocenters. The molecule has 0 bridgehead atoms. The first kappa shape index (κ1) is 11.1. The lowest BCUT2D eigenvalue weighted by atomic mass is 9.90. The van der Waals surface area contributed by atoms with Gasteiger partial charge >= 0.3 is 0 Å². The van der Waals surface area contributed by atoms with Crippen LogP contribution in [0.25, 0.3) is 0 Å². The van der Waals surface area contributed by atoms with Crippen molar-refractivity contribution in [1.29, 1.82) is 0 Å². The van der Waals surface area contributed by atoms with Crippen LogP contribution in [0.3, 0.4) is 0 Å². The summed E-state index contributed by atoms with van der Waals surface area (Å²) in [5.41, 5.74) is 0. The zero-order valence-electron chi connectivity index (χ0n) is 9.45. The Morgan fingerprint density at radius 1 is 1.38 bits per heavy atom. The average molecular weight is 181 g/mol. The molecular formula is C10H22BN2. The van der Waals surface area contributed by atoms with Crippen LogP contribution < -0.4 is 0 Å². The van der Waals surface area contributed by atoms with Crippen LogP contribution in [-0.2, 0) is 0 Å². The molecule has 1 heterocycles. The molecule has 0 aliphatic carbocycles. The molecule has 1 aliphatic heterocycles. The molecule has 2 nitrogen and oxygen atoms in total. The molecule has 1 saturated heterocycles. The summed E-state index contributed by atoms with van der Waals surface area (Å²) in [7, 11) is 2.24. The molecule has 13 heavy (non-hydrogen) atoms. The van der Waals surface area contributed by atoms with E-state index < -0.39 is 0 Å². The van der Waals surface area contributed by atoms with Gasteiger partial charge in [0.25, 0.3) is 0 Å². The number of hydrogen-bond donors (Lipinski definition) is 0. The van der Waals surface area contributed by atoms with Crippen LogP contribution in [0.5, 0.6) is 0 Å². The minimum atomic E-state index is 0.702. The molecule has 0 spiro atoms. The first-order valence-electron chi connectivity index (χ1n) is 5.48. The van der Waals surface area contributed by atoms with Crippen LogP contribution in [0.1, 0.15) is 27.2 Å². The van der Waals surface area contributed by atoms with E-state index in [1.807, 2.05) is 0 Å². The van der Waals surface area contributed by atoms with Crippen LogP contribution in [0.2, 0.25) is 6.82 Å².